The van der Waals surface area contributed by atoms with E-state index < -0.39 is 10.8 Å². The van der Waals surface area contributed by atoms with Crippen LogP contribution in [0.3, 0.4) is 0 Å². The Morgan fingerprint density at radius 2 is 2.06 bits per heavy atom. The Labute approximate surface area is 104 Å². The molecule has 0 spiro atoms. The van der Waals surface area contributed by atoms with Crippen molar-refractivity contribution in [2.45, 2.75) is 25.5 Å². The number of rotatable bonds is 1. The van der Waals surface area contributed by atoms with Gasteiger partial charge in [0.2, 0.25) is 0 Å². The van der Waals surface area contributed by atoms with Crippen molar-refractivity contribution in [2.75, 3.05) is 5.75 Å². The second kappa shape index (κ2) is 4.72. The van der Waals surface area contributed by atoms with Crippen LogP contribution in [0.2, 0.25) is 5.02 Å². The molecule has 16 heavy (non-hydrogen) atoms. The fraction of sp³-hybridized carbons (Fsp3) is 0.385. The largest absolute Gasteiger partial charge is 0.259 e. The molecule has 2 rings (SSSR count). The summed E-state index contributed by atoms with van der Waals surface area (Å²) < 4.78 is 12.1. The Morgan fingerprint density at radius 3 is 2.75 bits per heavy atom. The van der Waals surface area contributed by atoms with E-state index in [4.69, 9.17) is 11.6 Å². The molecule has 0 aliphatic carbocycles. The summed E-state index contributed by atoms with van der Waals surface area (Å²) in [5, 5.41) is 0.834. The molecule has 1 aromatic rings. The summed E-state index contributed by atoms with van der Waals surface area (Å²) in [7, 11) is -0.805. The van der Waals surface area contributed by atoms with E-state index >= 15 is 0 Å². The Morgan fingerprint density at radius 1 is 1.31 bits per heavy atom. The van der Waals surface area contributed by atoms with Crippen LogP contribution in [0.25, 0.3) is 0 Å². The zero-order valence-electron chi connectivity index (χ0n) is 9.50. The molecule has 0 radical (unpaired) electrons. The van der Waals surface area contributed by atoms with E-state index in [0.29, 0.717) is 5.75 Å². The zero-order valence-corrected chi connectivity index (χ0v) is 11.1. The minimum atomic E-state index is -0.805. The van der Waals surface area contributed by atoms with Gasteiger partial charge >= 0.3 is 0 Å². The van der Waals surface area contributed by atoms with Gasteiger partial charge in [-0.1, -0.05) is 34.9 Å². The SMILES string of the molecule is CC1=C(C)CS(=O)[C@H](c2cccc(Cl)c2)C1. The van der Waals surface area contributed by atoms with Gasteiger partial charge in [-0.3, -0.25) is 4.21 Å². The van der Waals surface area contributed by atoms with Gasteiger partial charge in [0.05, 0.1) is 5.25 Å². The quantitative estimate of drug-likeness (QED) is 0.696. The van der Waals surface area contributed by atoms with Crippen LogP contribution in [0.4, 0.5) is 0 Å². The van der Waals surface area contributed by atoms with Crippen LogP contribution >= 0.6 is 11.6 Å². The standard InChI is InChI=1S/C13H15ClOS/c1-9-6-13(16(15)8-10(9)2)11-4-3-5-12(14)7-11/h3-5,7,13H,6,8H2,1-2H3/t13-,16?/m0/s1. The van der Waals surface area contributed by atoms with Crippen LogP contribution < -0.4 is 0 Å². The minimum Gasteiger partial charge on any atom is -0.259 e. The first-order chi connectivity index (χ1) is 7.58. The van der Waals surface area contributed by atoms with Gasteiger partial charge in [-0.15, -0.1) is 0 Å². The van der Waals surface area contributed by atoms with Gasteiger partial charge in [-0.05, 0) is 38.0 Å². The maximum atomic E-state index is 12.1. The molecule has 0 amide bonds. The van der Waals surface area contributed by atoms with Gasteiger partial charge in [-0.25, -0.2) is 0 Å². The Bertz CT molecular complexity index is 465. The first-order valence-corrected chi connectivity index (χ1v) is 7.12. The van der Waals surface area contributed by atoms with Crippen molar-refractivity contribution in [3.8, 4) is 0 Å². The summed E-state index contributed by atoms with van der Waals surface area (Å²) in [4.78, 5) is 0. The molecule has 0 fully saturated rings. The molecule has 0 saturated carbocycles. The summed E-state index contributed by atoms with van der Waals surface area (Å²) in [6.45, 7) is 4.20. The Hall–Kier alpha value is -0.600. The average molecular weight is 255 g/mol. The van der Waals surface area contributed by atoms with Crippen LogP contribution in [0.1, 0.15) is 31.1 Å². The normalized spacial score (nSPS) is 25.9. The molecule has 3 heteroatoms. The van der Waals surface area contributed by atoms with Crippen molar-refractivity contribution in [3.63, 3.8) is 0 Å². The summed E-state index contributed by atoms with van der Waals surface area (Å²) in [5.74, 6) is 0.697. The molecular weight excluding hydrogens is 240 g/mol. The summed E-state index contributed by atoms with van der Waals surface area (Å²) in [5.41, 5.74) is 3.74. The number of benzene rings is 1. The lowest BCUT2D eigenvalue weighted by molar-refractivity contribution is 0.667. The van der Waals surface area contributed by atoms with Gasteiger partial charge in [0.1, 0.15) is 0 Å². The van der Waals surface area contributed by atoms with E-state index in [-0.39, 0.29) is 5.25 Å². The van der Waals surface area contributed by atoms with Gasteiger partial charge in [-0.2, -0.15) is 0 Å². The summed E-state index contributed by atoms with van der Waals surface area (Å²) in [6.07, 6.45) is 0.888. The van der Waals surface area contributed by atoms with E-state index in [1.807, 2.05) is 24.3 Å². The zero-order chi connectivity index (χ0) is 11.7. The average Bonchev–Trinajstić information content (AvgIpc) is 2.23. The third-order valence-corrected chi connectivity index (χ3v) is 5.14. The van der Waals surface area contributed by atoms with Crippen LogP contribution in [0.15, 0.2) is 35.4 Å². The topological polar surface area (TPSA) is 17.1 Å². The smallest absolute Gasteiger partial charge is 0.0637 e. The van der Waals surface area contributed by atoms with Crippen LogP contribution in [-0.2, 0) is 10.8 Å². The van der Waals surface area contributed by atoms with Gasteiger partial charge in [0.15, 0.2) is 0 Å². The molecule has 1 aromatic carbocycles. The molecule has 0 aromatic heterocycles. The summed E-state index contributed by atoms with van der Waals surface area (Å²) in [6, 6.07) is 7.72. The first-order valence-electron chi connectivity index (χ1n) is 5.36. The fourth-order valence-corrected chi connectivity index (χ4v) is 3.92. The van der Waals surface area contributed by atoms with Crippen molar-refractivity contribution < 1.29 is 4.21 Å². The van der Waals surface area contributed by atoms with E-state index in [9.17, 15) is 4.21 Å². The summed E-state index contributed by atoms with van der Waals surface area (Å²) >= 11 is 5.97. The monoisotopic (exact) mass is 254 g/mol. The molecule has 1 heterocycles. The van der Waals surface area contributed by atoms with Crippen molar-refractivity contribution in [1.82, 2.24) is 0 Å². The lowest BCUT2D eigenvalue weighted by Gasteiger charge is -2.24. The second-order valence-corrected chi connectivity index (χ2v) is 6.39. The minimum absolute atomic E-state index is 0.113. The molecular formula is C13H15ClOS. The van der Waals surface area contributed by atoms with Crippen molar-refractivity contribution in [2.24, 2.45) is 0 Å². The highest BCUT2D eigenvalue weighted by Crippen LogP contribution is 2.34. The number of halogens is 1. The number of hydrogen-bond acceptors (Lipinski definition) is 1. The highest BCUT2D eigenvalue weighted by Gasteiger charge is 2.24. The van der Waals surface area contributed by atoms with Gasteiger partial charge in [0.25, 0.3) is 0 Å². The van der Waals surface area contributed by atoms with Gasteiger partial charge < -0.3 is 0 Å². The van der Waals surface area contributed by atoms with Crippen molar-refractivity contribution in [1.29, 1.82) is 0 Å². The molecule has 0 N–H and O–H groups in total. The lowest BCUT2D eigenvalue weighted by atomic mass is 10.0. The third-order valence-electron chi connectivity index (χ3n) is 3.12. The highest BCUT2D eigenvalue weighted by atomic mass is 35.5. The lowest BCUT2D eigenvalue weighted by Crippen LogP contribution is -2.17. The van der Waals surface area contributed by atoms with Crippen molar-refractivity contribution in [3.05, 3.63) is 46.0 Å². The number of allylic oxidation sites excluding steroid dienone is 1. The highest BCUT2D eigenvalue weighted by molar-refractivity contribution is 7.85. The van der Waals surface area contributed by atoms with E-state index in [1.165, 1.54) is 11.1 Å². The Kier molecular flexibility index (Phi) is 3.50. The number of hydrogen-bond donors (Lipinski definition) is 0. The molecule has 1 unspecified atom stereocenters. The van der Waals surface area contributed by atoms with E-state index in [1.54, 1.807) is 0 Å². The molecule has 86 valence electrons. The molecule has 1 aliphatic rings. The van der Waals surface area contributed by atoms with Crippen LogP contribution in [0, 0.1) is 0 Å². The maximum Gasteiger partial charge on any atom is 0.0637 e. The molecule has 1 nitrogen and oxygen atoms in total. The van der Waals surface area contributed by atoms with Crippen LogP contribution in [0.5, 0.6) is 0 Å². The third kappa shape index (κ3) is 2.38. The molecule has 1 aliphatic heterocycles. The van der Waals surface area contributed by atoms with E-state index in [2.05, 4.69) is 13.8 Å². The Balaban J connectivity index is 2.33. The molecule has 0 saturated heterocycles. The predicted molar refractivity (Wildman–Crippen MR) is 70.2 cm³/mol. The molecule has 2 atom stereocenters. The van der Waals surface area contributed by atoms with Crippen molar-refractivity contribution >= 4 is 22.4 Å². The van der Waals surface area contributed by atoms with Crippen LogP contribution in [-0.4, -0.2) is 9.96 Å². The van der Waals surface area contributed by atoms with E-state index in [0.717, 1.165) is 17.0 Å². The fourth-order valence-electron chi connectivity index (χ4n) is 1.96. The predicted octanol–water partition coefficient (Wildman–Crippen LogP) is 3.87. The maximum absolute atomic E-state index is 12.1. The van der Waals surface area contributed by atoms with Gasteiger partial charge in [0, 0.05) is 21.6 Å². The second-order valence-electron chi connectivity index (χ2n) is 4.33. The first kappa shape index (κ1) is 11.9. The molecule has 0 bridgehead atoms.